The molecule has 3 atom stereocenters. The quantitative estimate of drug-likeness (QED) is 0.710. The van der Waals surface area contributed by atoms with Crippen molar-refractivity contribution in [2.45, 2.75) is 70.2 Å². The van der Waals surface area contributed by atoms with E-state index in [1.54, 1.807) is 0 Å². The molecule has 4 heteroatoms. The molecule has 2 fully saturated rings. The van der Waals surface area contributed by atoms with E-state index in [1.807, 2.05) is 0 Å². The number of aliphatic carboxylic acids is 1. The van der Waals surface area contributed by atoms with Gasteiger partial charge in [0.05, 0.1) is 0 Å². The molecule has 1 saturated heterocycles. The molecule has 0 aromatic rings. The van der Waals surface area contributed by atoms with Gasteiger partial charge in [0.15, 0.2) is 6.17 Å². The first-order valence-corrected chi connectivity index (χ1v) is 6.18. The first-order valence-electron chi connectivity index (χ1n) is 6.18. The first kappa shape index (κ1) is 11.9. The fourth-order valence-electron chi connectivity index (χ4n) is 3.19. The van der Waals surface area contributed by atoms with Gasteiger partial charge in [0.25, 0.3) is 0 Å². The summed E-state index contributed by atoms with van der Waals surface area (Å²) < 4.78 is 0. The van der Waals surface area contributed by atoms with Crippen LogP contribution in [-0.4, -0.2) is 39.8 Å². The second-order valence-electron chi connectivity index (χ2n) is 5.94. The lowest BCUT2D eigenvalue weighted by atomic mass is 9.89. The summed E-state index contributed by atoms with van der Waals surface area (Å²) in [4.78, 5) is 13.4. The lowest BCUT2D eigenvalue weighted by Gasteiger charge is -2.40. The molecule has 16 heavy (non-hydrogen) atoms. The van der Waals surface area contributed by atoms with Crippen LogP contribution < -0.4 is 5.32 Å². The maximum Gasteiger partial charge on any atom is 0.335 e. The number of hydrogen-bond acceptors (Lipinski definition) is 3. The zero-order valence-electron chi connectivity index (χ0n) is 10.4. The highest BCUT2D eigenvalue weighted by atomic mass is 16.4. The van der Waals surface area contributed by atoms with Crippen molar-refractivity contribution in [2.24, 2.45) is 0 Å². The molecular weight excluding hydrogens is 204 g/mol. The average molecular weight is 226 g/mol. The molecule has 2 aliphatic rings. The Morgan fingerprint density at radius 1 is 1.31 bits per heavy atom. The van der Waals surface area contributed by atoms with E-state index in [-0.39, 0.29) is 5.54 Å². The van der Waals surface area contributed by atoms with Crippen LogP contribution in [0.4, 0.5) is 0 Å². The summed E-state index contributed by atoms with van der Waals surface area (Å²) in [5.74, 6) is -0.746. The van der Waals surface area contributed by atoms with Crippen molar-refractivity contribution in [1.29, 1.82) is 0 Å². The van der Waals surface area contributed by atoms with Crippen LogP contribution in [0.25, 0.3) is 0 Å². The molecule has 1 saturated carbocycles. The molecule has 92 valence electrons. The molecule has 0 aromatic carbocycles. The van der Waals surface area contributed by atoms with Crippen LogP contribution in [0.5, 0.6) is 0 Å². The van der Waals surface area contributed by atoms with Gasteiger partial charge >= 0.3 is 5.97 Å². The van der Waals surface area contributed by atoms with Gasteiger partial charge in [-0.15, -0.1) is 0 Å². The molecule has 0 aromatic heterocycles. The van der Waals surface area contributed by atoms with E-state index in [0.717, 1.165) is 12.8 Å². The molecule has 2 rings (SSSR count). The van der Waals surface area contributed by atoms with Crippen molar-refractivity contribution >= 4 is 5.97 Å². The lowest BCUT2D eigenvalue weighted by molar-refractivity contribution is -0.145. The molecule has 2 N–H and O–H groups in total. The van der Waals surface area contributed by atoms with Gasteiger partial charge in [0.2, 0.25) is 0 Å². The molecule has 1 heterocycles. The van der Waals surface area contributed by atoms with Crippen LogP contribution >= 0.6 is 0 Å². The Hall–Kier alpha value is -0.610. The number of rotatable bonds is 1. The minimum absolute atomic E-state index is 0.0905. The Labute approximate surface area is 97.0 Å². The van der Waals surface area contributed by atoms with E-state index in [0.29, 0.717) is 12.1 Å². The fraction of sp³-hybridized carbons (Fsp3) is 0.917. The topological polar surface area (TPSA) is 52.6 Å². The van der Waals surface area contributed by atoms with Crippen LogP contribution in [0.15, 0.2) is 0 Å². The standard InChI is InChI=1S/C12H22N2O2/c1-12(2,3)14-9-7-5-4-6-8(9)13-10(14)11(15)16/h8-10,13H,4-7H2,1-3H3,(H,15,16). The molecule has 0 bridgehead atoms. The highest BCUT2D eigenvalue weighted by molar-refractivity contribution is 5.73. The van der Waals surface area contributed by atoms with Gasteiger partial charge in [-0.2, -0.15) is 0 Å². The Kier molecular flexibility index (Phi) is 2.97. The highest BCUT2D eigenvalue weighted by Gasteiger charge is 2.48. The molecular formula is C12H22N2O2. The molecule has 1 aliphatic carbocycles. The maximum atomic E-state index is 11.3. The van der Waals surface area contributed by atoms with E-state index >= 15 is 0 Å². The molecule has 1 aliphatic heterocycles. The van der Waals surface area contributed by atoms with Gasteiger partial charge in [0.1, 0.15) is 0 Å². The van der Waals surface area contributed by atoms with Gasteiger partial charge in [0, 0.05) is 17.6 Å². The minimum Gasteiger partial charge on any atom is -0.479 e. The highest BCUT2D eigenvalue weighted by Crippen LogP contribution is 2.34. The van der Waals surface area contributed by atoms with Gasteiger partial charge < -0.3 is 5.11 Å². The second-order valence-corrected chi connectivity index (χ2v) is 5.94. The zero-order chi connectivity index (χ0) is 11.9. The number of fused-ring (bicyclic) bond motifs is 1. The first-order chi connectivity index (χ1) is 7.41. The molecule has 0 amide bonds. The number of hydrogen-bond donors (Lipinski definition) is 2. The SMILES string of the molecule is CC(C)(C)N1C(C(=O)O)NC2CCCCC21. The monoisotopic (exact) mass is 226 g/mol. The Morgan fingerprint density at radius 3 is 2.50 bits per heavy atom. The summed E-state index contributed by atoms with van der Waals surface area (Å²) in [6, 6.07) is 0.768. The third kappa shape index (κ3) is 1.96. The van der Waals surface area contributed by atoms with Crippen molar-refractivity contribution in [3.8, 4) is 0 Å². The number of nitrogens with zero attached hydrogens (tertiary/aromatic N) is 1. The second kappa shape index (κ2) is 4.00. The lowest BCUT2D eigenvalue weighted by Crippen LogP contribution is -2.54. The van der Waals surface area contributed by atoms with E-state index in [2.05, 4.69) is 31.0 Å². The zero-order valence-corrected chi connectivity index (χ0v) is 10.4. The van der Waals surface area contributed by atoms with Crippen LogP contribution in [0, 0.1) is 0 Å². The Balaban J connectivity index is 2.24. The smallest absolute Gasteiger partial charge is 0.335 e. The Bertz CT molecular complexity index is 285. The van der Waals surface area contributed by atoms with Crippen LogP contribution in [0.3, 0.4) is 0 Å². The Morgan fingerprint density at radius 2 is 1.94 bits per heavy atom. The number of nitrogens with one attached hydrogen (secondary N) is 1. The number of carboxylic acids is 1. The predicted octanol–water partition coefficient (Wildman–Crippen LogP) is 1.41. The summed E-state index contributed by atoms with van der Waals surface area (Å²) in [6.45, 7) is 6.30. The number of carboxylic acid groups (broad SMARTS) is 1. The normalized spacial score (nSPS) is 36.1. The van der Waals surface area contributed by atoms with Gasteiger partial charge in [-0.05, 0) is 33.6 Å². The summed E-state index contributed by atoms with van der Waals surface area (Å²) in [7, 11) is 0. The third-order valence-corrected chi connectivity index (χ3v) is 3.75. The molecule has 3 unspecified atom stereocenters. The van der Waals surface area contributed by atoms with E-state index in [9.17, 15) is 9.90 Å². The van der Waals surface area contributed by atoms with Crippen molar-refractivity contribution in [2.75, 3.05) is 0 Å². The van der Waals surface area contributed by atoms with E-state index in [4.69, 9.17) is 0 Å². The van der Waals surface area contributed by atoms with Crippen molar-refractivity contribution in [3.63, 3.8) is 0 Å². The molecule has 0 spiro atoms. The van der Waals surface area contributed by atoms with Gasteiger partial charge in [-0.25, -0.2) is 4.79 Å². The van der Waals surface area contributed by atoms with Crippen LogP contribution in [0.1, 0.15) is 46.5 Å². The van der Waals surface area contributed by atoms with Crippen molar-refractivity contribution < 1.29 is 9.90 Å². The predicted molar refractivity (Wildman–Crippen MR) is 62.2 cm³/mol. The largest absolute Gasteiger partial charge is 0.479 e. The van der Waals surface area contributed by atoms with E-state index in [1.165, 1.54) is 12.8 Å². The number of carbonyl (C=O) groups is 1. The molecule has 0 radical (unpaired) electrons. The summed E-state index contributed by atoms with van der Waals surface area (Å²) >= 11 is 0. The average Bonchev–Trinajstić information content (AvgIpc) is 2.55. The van der Waals surface area contributed by atoms with Gasteiger partial charge in [-0.1, -0.05) is 12.8 Å². The van der Waals surface area contributed by atoms with Gasteiger partial charge in [-0.3, -0.25) is 10.2 Å². The van der Waals surface area contributed by atoms with Crippen LogP contribution in [-0.2, 0) is 4.79 Å². The van der Waals surface area contributed by atoms with Crippen molar-refractivity contribution in [1.82, 2.24) is 10.2 Å². The summed E-state index contributed by atoms with van der Waals surface area (Å²) in [5.41, 5.74) is -0.0905. The summed E-state index contributed by atoms with van der Waals surface area (Å²) in [6.07, 6.45) is 4.17. The fourth-order valence-corrected chi connectivity index (χ4v) is 3.19. The molecule has 4 nitrogen and oxygen atoms in total. The third-order valence-electron chi connectivity index (χ3n) is 3.75. The van der Waals surface area contributed by atoms with E-state index < -0.39 is 12.1 Å². The van der Waals surface area contributed by atoms with Crippen molar-refractivity contribution in [3.05, 3.63) is 0 Å². The summed E-state index contributed by atoms with van der Waals surface area (Å²) in [5, 5.41) is 12.6. The minimum atomic E-state index is -0.746. The van der Waals surface area contributed by atoms with Crippen LogP contribution in [0.2, 0.25) is 0 Å². The maximum absolute atomic E-state index is 11.3.